The summed E-state index contributed by atoms with van der Waals surface area (Å²) >= 11 is 0. The number of carbonyl (C=O) groups is 1. The highest BCUT2D eigenvalue weighted by Gasteiger charge is 2.65. The van der Waals surface area contributed by atoms with Crippen molar-refractivity contribution < 1.29 is 19.1 Å². The number of hydrogen-bond acceptors (Lipinski definition) is 5. The molecular formula is C29H39NO4. The number of nitrogens with zero attached hydrogens (tertiary/aromatic N) is 1. The summed E-state index contributed by atoms with van der Waals surface area (Å²) in [6.07, 6.45) is 9.92. The van der Waals surface area contributed by atoms with Crippen molar-refractivity contribution in [1.29, 1.82) is 0 Å². The van der Waals surface area contributed by atoms with Crippen LogP contribution in [0.4, 0.5) is 0 Å². The number of methoxy groups -OCH3 is 1. The zero-order valence-electron chi connectivity index (χ0n) is 21.1. The molecule has 0 aromatic heterocycles. The standard InChI is InChI=1S/C29H39NO4/c1-17(31)33-25-14-13-23-21-11-7-19-8-12-22-26(18-5-9-20(32-4)10-6-18)30-34-27(22)29(19,3)24(21)15-16-28(23,25)2/h5-6,9-10,19,21-25,27H,7-8,11-16H2,1-4H3/t19-,21-,22+,23-,24-,25-,27-,28-,29-/m0/s1. The number of hydrogen-bond donors (Lipinski definition) is 0. The number of oxime groups is 1. The van der Waals surface area contributed by atoms with Crippen LogP contribution >= 0.6 is 0 Å². The normalized spacial score (nSPS) is 44.6. The first-order valence-corrected chi connectivity index (χ1v) is 13.4. The summed E-state index contributed by atoms with van der Waals surface area (Å²) in [5, 5.41) is 4.72. The van der Waals surface area contributed by atoms with Crippen LogP contribution in [0.3, 0.4) is 0 Å². The number of rotatable bonds is 3. The average Bonchev–Trinajstić information content (AvgIpc) is 3.41. The van der Waals surface area contributed by atoms with Crippen LogP contribution in [-0.4, -0.2) is 31.0 Å². The molecule has 4 saturated carbocycles. The van der Waals surface area contributed by atoms with Gasteiger partial charge >= 0.3 is 5.97 Å². The smallest absolute Gasteiger partial charge is 0.302 e. The molecule has 5 nitrogen and oxygen atoms in total. The van der Waals surface area contributed by atoms with Crippen molar-refractivity contribution in [3.05, 3.63) is 29.8 Å². The summed E-state index contributed by atoms with van der Waals surface area (Å²) in [5.41, 5.74) is 2.58. The van der Waals surface area contributed by atoms with Gasteiger partial charge < -0.3 is 14.3 Å². The van der Waals surface area contributed by atoms with Gasteiger partial charge in [0, 0.05) is 23.7 Å². The molecule has 1 aliphatic heterocycles. The molecule has 5 heteroatoms. The summed E-state index contributed by atoms with van der Waals surface area (Å²) < 4.78 is 11.2. The van der Waals surface area contributed by atoms with E-state index in [-0.39, 0.29) is 29.0 Å². The minimum absolute atomic E-state index is 0.0910. The summed E-state index contributed by atoms with van der Waals surface area (Å²) in [7, 11) is 1.71. The molecule has 4 aliphatic carbocycles. The first-order chi connectivity index (χ1) is 16.4. The number of esters is 1. The van der Waals surface area contributed by atoms with E-state index >= 15 is 0 Å². The van der Waals surface area contributed by atoms with E-state index < -0.39 is 0 Å². The van der Waals surface area contributed by atoms with Crippen molar-refractivity contribution in [3.63, 3.8) is 0 Å². The van der Waals surface area contributed by atoms with E-state index in [1.54, 1.807) is 14.0 Å². The Morgan fingerprint density at radius 2 is 1.76 bits per heavy atom. The molecule has 0 N–H and O–H groups in total. The molecule has 1 heterocycles. The Hall–Kier alpha value is -2.04. The molecule has 9 atom stereocenters. The lowest BCUT2D eigenvalue weighted by molar-refractivity contribution is -0.188. The second-order valence-corrected chi connectivity index (χ2v) is 12.2. The van der Waals surface area contributed by atoms with Crippen molar-refractivity contribution >= 4 is 11.7 Å². The second-order valence-electron chi connectivity index (χ2n) is 12.2. The Kier molecular flexibility index (Phi) is 5.27. The van der Waals surface area contributed by atoms with E-state index in [2.05, 4.69) is 26.0 Å². The van der Waals surface area contributed by atoms with Crippen molar-refractivity contribution in [1.82, 2.24) is 0 Å². The average molecular weight is 466 g/mol. The third-order valence-electron chi connectivity index (χ3n) is 11.0. The molecule has 0 bridgehead atoms. The molecule has 6 rings (SSSR count). The fourth-order valence-electron chi connectivity index (χ4n) is 9.36. The largest absolute Gasteiger partial charge is 0.497 e. The fraction of sp³-hybridized carbons (Fsp3) is 0.724. The van der Waals surface area contributed by atoms with E-state index in [1.807, 2.05) is 12.1 Å². The predicted molar refractivity (Wildman–Crippen MR) is 131 cm³/mol. The molecule has 0 spiro atoms. The number of carbonyl (C=O) groups excluding carboxylic acids is 1. The maximum Gasteiger partial charge on any atom is 0.302 e. The Bertz CT molecular complexity index is 988. The quantitative estimate of drug-likeness (QED) is 0.514. The molecule has 5 aliphatic rings. The highest BCUT2D eigenvalue weighted by atomic mass is 16.6. The van der Waals surface area contributed by atoms with Gasteiger partial charge in [-0.3, -0.25) is 4.79 Å². The lowest BCUT2D eigenvalue weighted by Crippen LogP contribution is -2.60. The molecule has 34 heavy (non-hydrogen) atoms. The summed E-state index contributed by atoms with van der Waals surface area (Å²) in [6.45, 7) is 6.51. The van der Waals surface area contributed by atoms with Crippen molar-refractivity contribution in [2.24, 2.45) is 45.6 Å². The maximum atomic E-state index is 11.8. The third kappa shape index (κ3) is 3.10. The maximum absolute atomic E-state index is 11.8. The van der Waals surface area contributed by atoms with Crippen LogP contribution in [0.1, 0.15) is 77.7 Å². The van der Waals surface area contributed by atoms with E-state index in [1.165, 1.54) is 44.1 Å². The van der Waals surface area contributed by atoms with Crippen LogP contribution in [0.5, 0.6) is 5.75 Å². The van der Waals surface area contributed by atoms with E-state index in [0.29, 0.717) is 23.7 Å². The highest BCUT2D eigenvalue weighted by molar-refractivity contribution is 6.03. The minimum Gasteiger partial charge on any atom is -0.497 e. The molecule has 0 unspecified atom stereocenters. The summed E-state index contributed by atoms with van der Waals surface area (Å²) in [6, 6.07) is 8.30. The summed E-state index contributed by atoms with van der Waals surface area (Å²) in [5.74, 6) is 3.86. The molecule has 0 saturated heterocycles. The van der Waals surface area contributed by atoms with Gasteiger partial charge in [-0.15, -0.1) is 0 Å². The first kappa shape index (κ1) is 22.4. The van der Waals surface area contributed by atoms with Gasteiger partial charge in [0.05, 0.1) is 12.8 Å². The van der Waals surface area contributed by atoms with Crippen LogP contribution in [-0.2, 0) is 14.4 Å². The van der Waals surface area contributed by atoms with Crippen molar-refractivity contribution in [2.45, 2.75) is 84.3 Å². The Morgan fingerprint density at radius 1 is 1.00 bits per heavy atom. The van der Waals surface area contributed by atoms with E-state index in [4.69, 9.17) is 19.5 Å². The Morgan fingerprint density at radius 3 is 2.50 bits per heavy atom. The van der Waals surface area contributed by atoms with Gasteiger partial charge in [-0.05, 0) is 105 Å². The molecule has 0 amide bonds. The van der Waals surface area contributed by atoms with Crippen LogP contribution in [0.15, 0.2) is 29.4 Å². The van der Waals surface area contributed by atoms with Crippen LogP contribution in [0.25, 0.3) is 0 Å². The second kappa shape index (κ2) is 7.99. The SMILES string of the molecule is COc1ccc(C2=NO[C@H]3[C@@H]2CC[C@@H]2CC[C@H]4[C@@H]5CC[C@H](OC(C)=O)[C@@]5(C)CC[C@@H]4[C@]23C)cc1. The Labute approximate surface area is 203 Å². The van der Waals surface area contributed by atoms with Crippen LogP contribution in [0.2, 0.25) is 0 Å². The third-order valence-corrected chi connectivity index (χ3v) is 11.0. The highest BCUT2D eigenvalue weighted by Crippen LogP contribution is 2.68. The van der Waals surface area contributed by atoms with Gasteiger partial charge in [0.15, 0.2) is 0 Å². The monoisotopic (exact) mass is 465 g/mol. The molecular weight excluding hydrogens is 426 g/mol. The van der Waals surface area contributed by atoms with Gasteiger partial charge in [0.2, 0.25) is 0 Å². The number of benzene rings is 1. The Balaban J connectivity index is 1.27. The lowest BCUT2D eigenvalue weighted by atomic mass is 9.43. The topological polar surface area (TPSA) is 57.1 Å². The number of fused-ring (bicyclic) bond motifs is 7. The van der Waals surface area contributed by atoms with Gasteiger partial charge in [-0.25, -0.2) is 0 Å². The first-order valence-electron chi connectivity index (χ1n) is 13.4. The predicted octanol–water partition coefficient (Wildman–Crippen LogP) is 6.00. The number of ether oxygens (including phenoxy) is 2. The van der Waals surface area contributed by atoms with Crippen molar-refractivity contribution in [2.75, 3.05) is 7.11 Å². The zero-order chi connectivity index (χ0) is 23.7. The molecule has 0 radical (unpaired) electrons. The van der Waals surface area contributed by atoms with Gasteiger partial charge in [0.1, 0.15) is 18.0 Å². The van der Waals surface area contributed by atoms with Gasteiger partial charge in [-0.1, -0.05) is 19.0 Å². The fourth-order valence-corrected chi connectivity index (χ4v) is 9.36. The summed E-state index contributed by atoms with van der Waals surface area (Å²) in [4.78, 5) is 18.2. The molecule has 1 aromatic carbocycles. The van der Waals surface area contributed by atoms with Crippen LogP contribution < -0.4 is 4.74 Å². The zero-order valence-corrected chi connectivity index (χ0v) is 21.1. The lowest BCUT2D eigenvalue weighted by Gasteiger charge is -2.61. The van der Waals surface area contributed by atoms with E-state index in [0.717, 1.165) is 30.2 Å². The van der Waals surface area contributed by atoms with Gasteiger partial charge in [0.25, 0.3) is 0 Å². The van der Waals surface area contributed by atoms with E-state index in [9.17, 15) is 4.79 Å². The minimum atomic E-state index is -0.123. The molecule has 4 fully saturated rings. The molecule has 184 valence electrons. The molecule has 1 aromatic rings. The van der Waals surface area contributed by atoms with Crippen LogP contribution in [0, 0.1) is 40.4 Å². The van der Waals surface area contributed by atoms with Crippen molar-refractivity contribution in [3.8, 4) is 5.75 Å². The van der Waals surface area contributed by atoms with Gasteiger partial charge in [-0.2, -0.15) is 0 Å².